The third-order valence-corrected chi connectivity index (χ3v) is 4.27. The van der Waals surface area contributed by atoms with Crippen LogP contribution in [0.25, 0.3) is 10.8 Å². The van der Waals surface area contributed by atoms with Crippen LogP contribution in [-0.2, 0) is 19.1 Å². The summed E-state index contributed by atoms with van der Waals surface area (Å²) in [6.45, 7) is 1.52. The van der Waals surface area contributed by atoms with Crippen LogP contribution in [0.3, 0.4) is 0 Å². The average Bonchev–Trinajstić information content (AvgIpc) is 2.61. The highest BCUT2D eigenvalue weighted by Gasteiger charge is 2.30. The van der Waals surface area contributed by atoms with Crippen molar-refractivity contribution in [1.29, 1.82) is 0 Å². The molecule has 130 valence electrons. The molecule has 25 heavy (non-hydrogen) atoms. The van der Waals surface area contributed by atoms with Crippen molar-refractivity contribution in [2.75, 3.05) is 6.54 Å². The van der Waals surface area contributed by atoms with E-state index in [0.717, 1.165) is 31.1 Å². The first-order valence-corrected chi connectivity index (χ1v) is 8.37. The van der Waals surface area contributed by atoms with Gasteiger partial charge in [-0.05, 0) is 47.4 Å². The molecule has 0 aliphatic heterocycles. The largest absolute Gasteiger partial charge is 0.416 e. The lowest BCUT2D eigenvalue weighted by Gasteiger charge is -2.10. The predicted molar refractivity (Wildman–Crippen MR) is 95.4 cm³/mol. The minimum atomic E-state index is -4.28. The molecular formula is C21H20F3N. The Labute approximate surface area is 145 Å². The molecule has 0 saturated heterocycles. The molecule has 0 atom stereocenters. The van der Waals surface area contributed by atoms with E-state index in [4.69, 9.17) is 0 Å². The van der Waals surface area contributed by atoms with Gasteiger partial charge in [0.15, 0.2) is 0 Å². The Morgan fingerprint density at radius 3 is 2.44 bits per heavy atom. The van der Waals surface area contributed by atoms with Gasteiger partial charge in [-0.15, -0.1) is 0 Å². The molecule has 0 unspecified atom stereocenters. The third kappa shape index (κ3) is 4.60. The second-order valence-electron chi connectivity index (χ2n) is 6.12. The molecule has 4 heteroatoms. The Morgan fingerprint density at radius 1 is 0.840 bits per heavy atom. The topological polar surface area (TPSA) is 12.0 Å². The smallest absolute Gasteiger partial charge is 0.313 e. The van der Waals surface area contributed by atoms with Gasteiger partial charge >= 0.3 is 6.18 Å². The van der Waals surface area contributed by atoms with Crippen LogP contribution in [0.5, 0.6) is 0 Å². The van der Waals surface area contributed by atoms with Crippen molar-refractivity contribution in [3.8, 4) is 0 Å². The van der Waals surface area contributed by atoms with Gasteiger partial charge in [-0.1, -0.05) is 60.7 Å². The van der Waals surface area contributed by atoms with E-state index in [1.807, 2.05) is 18.2 Å². The van der Waals surface area contributed by atoms with Gasteiger partial charge < -0.3 is 5.32 Å². The van der Waals surface area contributed by atoms with E-state index in [1.165, 1.54) is 28.5 Å². The van der Waals surface area contributed by atoms with Crippen LogP contribution in [-0.4, -0.2) is 6.54 Å². The molecule has 1 N–H and O–H groups in total. The molecule has 0 spiro atoms. The van der Waals surface area contributed by atoms with Crippen LogP contribution >= 0.6 is 0 Å². The molecule has 0 fully saturated rings. The number of alkyl halides is 3. The van der Waals surface area contributed by atoms with Crippen molar-refractivity contribution in [3.63, 3.8) is 0 Å². The van der Waals surface area contributed by atoms with Crippen LogP contribution < -0.4 is 5.32 Å². The number of halogens is 3. The van der Waals surface area contributed by atoms with Crippen LogP contribution in [0.15, 0.2) is 66.7 Å². The van der Waals surface area contributed by atoms with E-state index in [9.17, 15) is 13.2 Å². The summed E-state index contributed by atoms with van der Waals surface area (Å²) in [6, 6.07) is 20.1. The van der Waals surface area contributed by atoms with Crippen LogP contribution in [0.1, 0.15) is 23.1 Å². The van der Waals surface area contributed by atoms with Gasteiger partial charge in [0.2, 0.25) is 0 Å². The Kier molecular flexibility index (Phi) is 5.39. The van der Waals surface area contributed by atoms with Crippen LogP contribution in [0.4, 0.5) is 13.2 Å². The quantitative estimate of drug-likeness (QED) is 0.576. The second-order valence-corrected chi connectivity index (χ2v) is 6.12. The van der Waals surface area contributed by atoms with E-state index >= 15 is 0 Å². The summed E-state index contributed by atoms with van der Waals surface area (Å²) in [5.74, 6) is 0. The predicted octanol–water partition coefficient (Wildman–Crippen LogP) is 5.58. The van der Waals surface area contributed by atoms with Gasteiger partial charge in [0.05, 0.1) is 5.56 Å². The maximum atomic E-state index is 12.7. The molecule has 0 aliphatic rings. The monoisotopic (exact) mass is 343 g/mol. The highest BCUT2D eigenvalue weighted by atomic mass is 19.4. The van der Waals surface area contributed by atoms with Gasteiger partial charge in [-0.25, -0.2) is 0 Å². The standard InChI is InChI=1S/C21H20F3N/c22-21(23,24)19-11-3-6-16(14-19)7-5-13-25-15-18-10-4-9-17-8-1-2-12-20(17)18/h1-4,6,8-12,14,25H,5,7,13,15H2. The SMILES string of the molecule is FC(F)(F)c1cccc(CCCNCc2cccc3ccccc23)c1. The summed E-state index contributed by atoms with van der Waals surface area (Å²) in [5.41, 5.74) is 1.38. The van der Waals surface area contributed by atoms with Gasteiger partial charge in [-0.2, -0.15) is 13.2 Å². The summed E-state index contributed by atoms with van der Waals surface area (Å²) in [4.78, 5) is 0. The summed E-state index contributed by atoms with van der Waals surface area (Å²) in [7, 11) is 0. The van der Waals surface area contributed by atoms with Gasteiger partial charge in [0.25, 0.3) is 0 Å². The van der Waals surface area contributed by atoms with Crippen LogP contribution in [0, 0.1) is 0 Å². The Hall–Kier alpha value is -2.33. The lowest BCUT2D eigenvalue weighted by atomic mass is 10.0. The maximum absolute atomic E-state index is 12.7. The molecule has 0 heterocycles. The number of nitrogens with one attached hydrogen (secondary N) is 1. The van der Waals surface area contributed by atoms with Crippen molar-refractivity contribution in [3.05, 3.63) is 83.4 Å². The molecule has 0 amide bonds. The Bertz CT molecular complexity index is 834. The summed E-state index contributed by atoms with van der Waals surface area (Å²) >= 11 is 0. The highest BCUT2D eigenvalue weighted by Crippen LogP contribution is 2.29. The highest BCUT2D eigenvalue weighted by molar-refractivity contribution is 5.85. The van der Waals surface area contributed by atoms with E-state index in [-0.39, 0.29) is 0 Å². The van der Waals surface area contributed by atoms with E-state index in [1.54, 1.807) is 6.07 Å². The zero-order valence-electron chi connectivity index (χ0n) is 13.8. The number of rotatable bonds is 6. The Morgan fingerprint density at radius 2 is 1.60 bits per heavy atom. The lowest BCUT2D eigenvalue weighted by Crippen LogP contribution is -2.15. The first-order valence-electron chi connectivity index (χ1n) is 8.37. The van der Waals surface area contributed by atoms with Crippen molar-refractivity contribution >= 4 is 10.8 Å². The van der Waals surface area contributed by atoms with Crippen LogP contribution in [0.2, 0.25) is 0 Å². The molecule has 0 bridgehead atoms. The first kappa shape index (κ1) is 17.5. The zero-order chi connectivity index (χ0) is 17.7. The average molecular weight is 343 g/mol. The molecule has 0 radical (unpaired) electrons. The minimum Gasteiger partial charge on any atom is -0.313 e. The van der Waals surface area contributed by atoms with Crippen molar-refractivity contribution in [1.82, 2.24) is 5.32 Å². The van der Waals surface area contributed by atoms with E-state index in [0.29, 0.717) is 6.42 Å². The summed E-state index contributed by atoms with van der Waals surface area (Å²) in [6.07, 6.45) is -2.85. The number of hydrogen-bond acceptors (Lipinski definition) is 1. The molecule has 3 aromatic rings. The van der Waals surface area contributed by atoms with E-state index in [2.05, 4.69) is 29.6 Å². The van der Waals surface area contributed by atoms with Crippen molar-refractivity contribution < 1.29 is 13.2 Å². The van der Waals surface area contributed by atoms with Crippen molar-refractivity contribution in [2.24, 2.45) is 0 Å². The molecule has 0 aliphatic carbocycles. The fourth-order valence-electron chi connectivity index (χ4n) is 2.99. The third-order valence-electron chi connectivity index (χ3n) is 4.27. The first-order chi connectivity index (χ1) is 12.0. The lowest BCUT2D eigenvalue weighted by molar-refractivity contribution is -0.137. The number of hydrogen-bond donors (Lipinski definition) is 1. The van der Waals surface area contributed by atoms with Gasteiger partial charge in [-0.3, -0.25) is 0 Å². The number of fused-ring (bicyclic) bond motifs is 1. The Balaban J connectivity index is 1.51. The zero-order valence-corrected chi connectivity index (χ0v) is 13.8. The normalized spacial score (nSPS) is 11.8. The van der Waals surface area contributed by atoms with Gasteiger partial charge in [0, 0.05) is 6.54 Å². The molecule has 0 aromatic heterocycles. The van der Waals surface area contributed by atoms with Crippen molar-refractivity contribution in [2.45, 2.75) is 25.6 Å². The number of aryl methyl sites for hydroxylation is 1. The van der Waals surface area contributed by atoms with Gasteiger partial charge in [0.1, 0.15) is 0 Å². The molecular weight excluding hydrogens is 323 g/mol. The maximum Gasteiger partial charge on any atom is 0.416 e. The second kappa shape index (κ2) is 7.70. The molecule has 1 nitrogen and oxygen atoms in total. The fraction of sp³-hybridized carbons (Fsp3) is 0.238. The molecule has 3 rings (SSSR count). The summed E-state index contributed by atoms with van der Waals surface area (Å²) < 4.78 is 38.1. The number of benzene rings is 3. The molecule has 3 aromatic carbocycles. The van der Waals surface area contributed by atoms with E-state index < -0.39 is 11.7 Å². The minimum absolute atomic E-state index is 0.575. The fourth-order valence-corrected chi connectivity index (χ4v) is 2.99. The summed E-state index contributed by atoms with van der Waals surface area (Å²) in [5, 5.41) is 5.83. The molecule has 0 saturated carbocycles.